The Morgan fingerprint density at radius 2 is 1.12 bits per heavy atom. The van der Waals surface area contributed by atoms with Crippen LogP contribution in [-0.4, -0.2) is 110 Å². The summed E-state index contributed by atoms with van der Waals surface area (Å²) in [4.78, 5) is 75.6. The van der Waals surface area contributed by atoms with E-state index in [-0.39, 0.29) is 58.6 Å². The van der Waals surface area contributed by atoms with Crippen molar-refractivity contribution in [2.24, 2.45) is 11.8 Å². The number of non-ortho nitro benzene ring substituents is 2. The van der Waals surface area contributed by atoms with Crippen molar-refractivity contribution in [3.63, 3.8) is 0 Å². The van der Waals surface area contributed by atoms with Gasteiger partial charge in [0.25, 0.3) is 11.4 Å². The zero-order valence-corrected chi connectivity index (χ0v) is 55.3. The van der Waals surface area contributed by atoms with Crippen molar-refractivity contribution >= 4 is 93.0 Å². The van der Waals surface area contributed by atoms with E-state index in [0.29, 0.717) is 49.7 Å². The van der Waals surface area contributed by atoms with Crippen molar-refractivity contribution in [3.05, 3.63) is 149 Å². The summed E-state index contributed by atoms with van der Waals surface area (Å²) in [5.41, 5.74) is 8.13. The number of halogens is 1. The number of rotatable bonds is 11. The lowest BCUT2D eigenvalue weighted by molar-refractivity contribution is -0.385. The molecule has 5 aromatic carbocycles. The molecule has 0 spiro atoms. The number of nitrogen functional groups attached to an aromatic ring is 1. The van der Waals surface area contributed by atoms with Gasteiger partial charge >= 0.3 is 30.2 Å². The van der Waals surface area contributed by atoms with E-state index in [9.17, 15) is 54.4 Å². The van der Waals surface area contributed by atoms with Gasteiger partial charge in [-0.15, -0.1) is 0 Å². The number of aliphatic hydroxyl groups excluding tert-OH is 1. The van der Waals surface area contributed by atoms with Crippen LogP contribution in [0.25, 0.3) is 6.08 Å². The molecular formula is C63H83IN6O20. The predicted molar refractivity (Wildman–Crippen MR) is 350 cm³/mol. The Bertz CT molecular complexity index is 3250. The van der Waals surface area contributed by atoms with Crippen molar-refractivity contribution in [1.29, 1.82) is 0 Å². The van der Waals surface area contributed by atoms with Crippen LogP contribution in [0.3, 0.4) is 0 Å². The smallest absolute Gasteiger partial charge is 0.412 e. The number of phenolic OH excluding ortho intramolecular Hbond substituents is 4. The van der Waals surface area contributed by atoms with Gasteiger partial charge in [0, 0.05) is 70.7 Å². The van der Waals surface area contributed by atoms with Gasteiger partial charge in [-0.1, -0.05) is 32.6 Å². The number of benzene rings is 5. The fraction of sp³-hybridized carbons (Fsp3) is 0.381. The second kappa shape index (κ2) is 36.8. The molecule has 6 rings (SSSR count). The van der Waals surface area contributed by atoms with Crippen molar-refractivity contribution in [3.8, 4) is 28.7 Å². The van der Waals surface area contributed by atoms with Gasteiger partial charge in [0.1, 0.15) is 45.6 Å². The third kappa shape index (κ3) is 32.0. The normalized spacial score (nSPS) is 12.5. The molecule has 1 aliphatic heterocycles. The monoisotopic (exact) mass is 1370 g/mol. The van der Waals surface area contributed by atoms with Crippen molar-refractivity contribution < 1.29 is 87.8 Å². The fourth-order valence-corrected chi connectivity index (χ4v) is 7.09. The maximum Gasteiger partial charge on any atom is 0.412 e. The molecule has 1 aliphatic rings. The SMILES string of the molecule is C=C(C)C(=O)OC.CC(CO)Cc1ccc(NC(=O)OC(C)(C)C)cc1O.CC1COc2cc(NC(=O)OC(C)(C)C)ccc2C1.COC(=O)/C(C)=C/c1ccc(NC(=O)OC(C)(C)C)cc1O.Nc1ccc([N+](=O)[O-])cc1O.O=[N+]([O-])c1ccc(I)c(O)c1. The third-order valence-electron chi connectivity index (χ3n) is 10.9. The summed E-state index contributed by atoms with van der Waals surface area (Å²) >= 11 is 1.89. The summed E-state index contributed by atoms with van der Waals surface area (Å²) in [5, 5.41) is 74.9. The van der Waals surface area contributed by atoms with E-state index < -0.39 is 50.9 Å². The first kappa shape index (κ1) is 78.6. The van der Waals surface area contributed by atoms with Crippen LogP contribution in [0, 0.1) is 35.6 Å². The number of phenols is 4. The van der Waals surface area contributed by atoms with Gasteiger partial charge in [0.05, 0.1) is 52.1 Å². The number of methoxy groups -OCH3 is 2. The number of fused-ring (bicyclic) bond motifs is 1. The summed E-state index contributed by atoms with van der Waals surface area (Å²) in [6, 6.07) is 22.7. The van der Waals surface area contributed by atoms with E-state index in [0.717, 1.165) is 36.5 Å². The van der Waals surface area contributed by atoms with Crippen LogP contribution in [0.5, 0.6) is 28.7 Å². The van der Waals surface area contributed by atoms with E-state index in [1.165, 1.54) is 62.3 Å². The molecule has 27 heteroatoms. The van der Waals surface area contributed by atoms with Gasteiger partial charge in [-0.2, -0.15) is 0 Å². The highest BCUT2D eigenvalue weighted by atomic mass is 127. The minimum absolute atomic E-state index is 0.0557. The molecule has 2 unspecified atom stereocenters. The number of nitrogens with two attached hydrogens (primary N) is 1. The zero-order chi connectivity index (χ0) is 69.0. The number of aliphatic hydroxyl groups is 1. The molecular weight excluding hydrogens is 1290 g/mol. The molecule has 492 valence electrons. The number of amides is 3. The summed E-state index contributed by atoms with van der Waals surface area (Å²) in [6.07, 6.45) is 1.47. The Morgan fingerprint density at radius 3 is 1.52 bits per heavy atom. The number of hydrogen-bond donors (Lipinski definition) is 9. The van der Waals surface area contributed by atoms with Crippen molar-refractivity contribution in [2.75, 3.05) is 49.1 Å². The number of carbonyl (C=O) groups is 5. The molecule has 0 fully saturated rings. The Morgan fingerprint density at radius 1 is 0.678 bits per heavy atom. The van der Waals surface area contributed by atoms with Gasteiger partial charge in [0.2, 0.25) is 0 Å². The number of ether oxygens (including phenoxy) is 6. The van der Waals surface area contributed by atoms with E-state index >= 15 is 0 Å². The minimum Gasteiger partial charge on any atom is -0.508 e. The second-order valence-corrected chi connectivity index (χ2v) is 24.1. The lowest BCUT2D eigenvalue weighted by atomic mass is 9.98. The lowest BCUT2D eigenvalue weighted by Crippen LogP contribution is -2.27. The highest BCUT2D eigenvalue weighted by molar-refractivity contribution is 14.1. The van der Waals surface area contributed by atoms with Crippen LogP contribution in [0.15, 0.2) is 109 Å². The summed E-state index contributed by atoms with van der Waals surface area (Å²) in [5.74, 6) is 0.347. The first-order chi connectivity index (χ1) is 41.6. The summed E-state index contributed by atoms with van der Waals surface area (Å²) in [6.45, 7) is 27.5. The maximum atomic E-state index is 11.7. The molecule has 5 aromatic rings. The highest BCUT2D eigenvalue weighted by Crippen LogP contribution is 2.31. The molecule has 26 nitrogen and oxygen atoms in total. The fourth-order valence-electron chi connectivity index (χ4n) is 6.75. The molecule has 0 aromatic heterocycles. The Labute approximate surface area is 536 Å². The topological polar surface area (TPSA) is 390 Å². The standard InChI is InChI=1S/C16H21NO5.C15H23NO4.C15H21NO3.C6H4INO3.C6H6N2O3.C5H8O2/c1-10(14(19)21-5)8-11-6-7-12(9-13(11)18)17-15(20)22-16(2,3)4;1-10(9-17)7-11-5-6-12(8-13(11)18)16-14(19)20-15(2,3)4;1-10-7-11-5-6-12(8-13(11)18-9-10)16-14(17)19-15(2,3)4;2*7-5-2-1-4(8(10)11)3-6(5)9;1-4(2)5(6)7-3/h6-9,18H,1-5H3,(H,17,20);5-6,8,10,17-18H,7,9H2,1-4H3,(H,16,19);5-6,8,10H,7,9H2,1-4H3,(H,16,17);1-3,9H;1-3,9H,7H2;1H2,2-3H3/b10-8+;;;;;. The molecule has 2 atom stereocenters. The number of aromatic hydroxyl groups is 4. The molecule has 0 aliphatic carbocycles. The second-order valence-electron chi connectivity index (χ2n) is 22.9. The van der Waals surface area contributed by atoms with Crippen molar-refractivity contribution in [2.45, 2.75) is 120 Å². The number of nitro benzene ring substituents is 2. The minimum atomic E-state index is -0.610. The first-order valence-corrected chi connectivity index (χ1v) is 28.5. The number of carbonyl (C=O) groups excluding carboxylic acids is 5. The third-order valence-corrected chi connectivity index (χ3v) is 11.8. The quantitative estimate of drug-likeness (QED) is 0.00867. The average Bonchev–Trinajstić information content (AvgIpc) is 1.01. The summed E-state index contributed by atoms with van der Waals surface area (Å²) in [7, 11) is 2.62. The molecule has 10 N–H and O–H groups in total. The van der Waals surface area contributed by atoms with E-state index in [1.807, 2.05) is 68.5 Å². The molecule has 3 amide bonds. The van der Waals surface area contributed by atoms with Crippen molar-refractivity contribution in [1.82, 2.24) is 0 Å². The number of nitrogens with one attached hydrogen (secondary N) is 3. The average molecular weight is 1370 g/mol. The number of anilines is 4. The molecule has 90 heavy (non-hydrogen) atoms. The molecule has 1 heterocycles. The molecule has 0 bridgehead atoms. The van der Waals surface area contributed by atoms with Gasteiger partial charge in [-0.3, -0.25) is 36.2 Å². The van der Waals surface area contributed by atoms with Crippen LogP contribution >= 0.6 is 22.6 Å². The molecule has 0 saturated heterocycles. The van der Waals surface area contributed by atoms with E-state index in [1.54, 1.807) is 79.7 Å². The Balaban J connectivity index is 0.000000559. The van der Waals surface area contributed by atoms with Gasteiger partial charge in [-0.05, 0) is 177 Å². The van der Waals surface area contributed by atoms with Crippen LogP contribution in [0.2, 0.25) is 0 Å². The van der Waals surface area contributed by atoms with Crippen LogP contribution in [0.1, 0.15) is 107 Å². The van der Waals surface area contributed by atoms with E-state index in [2.05, 4.69) is 38.9 Å². The lowest BCUT2D eigenvalue weighted by Gasteiger charge is -2.23. The van der Waals surface area contributed by atoms with Crippen LogP contribution in [-0.2, 0) is 46.1 Å². The number of nitrogens with zero attached hydrogens (tertiary/aromatic N) is 2. The molecule has 0 saturated carbocycles. The zero-order valence-electron chi connectivity index (χ0n) is 53.1. The van der Waals surface area contributed by atoms with Gasteiger partial charge in [-0.25, -0.2) is 24.0 Å². The Hall–Kier alpha value is -9.38. The van der Waals surface area contributed by atoms with E-state index in [4.69, 9.17) is 40.0 Å². The highest BCUT2D eigenvalue weighted by Gasteiger charge is 2.21. The number of esters is 2. The number of hydrogen-bond acceptors (Lipinski definition) is 21. The maximum absolute atomic E-state index is 11.7. The first-order valence-electron chi connectivity index (χ1n) is 27.4. The predicted octanol–water partition coefficient (Wildman–Crippen LogP) is 13.4. The van der Waals surface area contributed by atoms with Gasteiger partial charge in [0.15, 0.2) is 0 Å². The Kier molecular flexibility index (Phi) is 32.2. The van der Waals surface area contributed by atoms with Crippen LogP contribution in [0.4, 0.5) is 48.5 Å². The molecule has 0 radical (unpaired) electrons. The van der Waals surface area contributed by atoms with Gasteiger partial charge < -0.3 is 59.7 Å². The summed E-state index contributed by atoms with van der Waals surface area (Å²) < 4.78 is 30.6. The largest absolute Gasteiger partial charge is 0.508 e. The number of nitro groups is 2. The van der Waals surface area contributed by atoms with Crippen LogP contribution < -0.4 is 26.4 Å².